The predicted molar refractivity (Wildman–Crippen MR) is 104 cm³/mol. The average Bonchev–Trinajstić information content (AvgIpc) is 3.06. The number of aromatic nitrogens is 1. The van der Waals surface area contributed by atoms with Crippen molar-refractivity contribution in [2.75, 3.05) is 20.2 Å². The number of hydrogen-bond donors (Lipinski definition) is 0. The summed E-state index contributed by atoms with van der Waals surface area (Å²) in [5, 5.41) is 12.4. The first-order valence-electron chi connectivity index (χ1n) is 10.1. The van der Waals surface area contributed by atoms with Crippen LogP contribution in [-0.4, -0.2) is 40.6 Å². The van der Waals surface area contributed by atoms with Gasteiger partial charge in [0.15, 0.2) is 0 Å². The minimum Gasteiger partial charge on any atom is -0.467 e. The molecule has 148 valence electrons. The number of methoxy groups -OCH3 is 1. The molecule has 0 aliphatic carbocycles. The number of hydrogen-bond acceptors (Lipinski definition) is 5. The maximum Gasteiger partial charge on any atom is 0.328 e. The fourth-order valence-electron chi connectivity index (χ4n) is 6.17. The summed E-state index contributed by atoms with van der Waals surface area (Å²) < 4.78 is 7.27. The highest BCUT2D eigenvalue weighted by Crippen LogP contribution is 2.59. The molecule has 0 amide bonds. The van der Waals surface area contributed by atoms with E-state index in [0.717, 1.165) is 56.1 Å². The molecule has 1 saturated heterocycles. The van der Waals surface area contributed by atoms with Crippen molar-refractivity contribution < 1.29 is 14.5 Å². The maximum absolute atomic E-state index is 12.8. The molecular weight excluding hydrogens is 358 g/mol. The summed E-state index contributed by atoms with van der Waals surface area (Å²) in [4.78, 5) is 26.4. The minimum atomic E-state index is -0.424. The number of nitro groups is 1. The van der Waals surface area contributed by atoms with Gasteiger partial charge in [-0.25, -0.2) is 4.79 Å². The number of non-ortho nitro benzene ring substituents is 1. The molecule has 0 N–H and O–H groups in total. The molecule has 1 aromatic carbocycles. The first kappa shape index (κ1) is 17.7. The number of benzene rings is 1. The van der Waals surface area contributed by atoms with Crippen molar-refractivity contribution >= 4 is 22.6 Å². The number of rotatable bonds is 3. The number of fused-ring (bicyclic) bond motifs is 3. The molecular formula is C21H25N3O4. The van der Waals surface area contributed by atoms with Crippen molar-refractivity contribution in [3.05, 3.63) is 39.6 Å². The van der Waals surface area contributed by atoms with E-state index in [-0.39, 0.29) is 28.0 Å². The van der Waals surface area contributed by atoms with Gasteiger partial charge in [-0.05, 0) is 55.7 Å². The number of carbonyl (C=O) groups excluding carboxylic acids is 1. The van der Waals surface area contributed by atoms with Crippen LogP contribution in [0.4, 0.5) is 5.69 Å². The molecule has 0 radical (unpaired) electrons. The Kier molecular flexibility index (Phi) is 3.81. The van der Waals surface area contributed by atoms with E-state index in [9.17, 15) is 14.9 Å². The smallest absolute Gasteiger partial charge is 0.328 e. The van der Waals surface area contributed by atoms with E-state index in [1.807, 2.05) is 6.07 Å². The fraction of sp³-hybridized carbons (Fsp3) is 0.571. The van der Waals surface area contributed by atoms with Gasteiger partial charge in [-0.2, -0.15) is 0 Å². The Morgan fingerprint density at radius 3 is 2.93 bits per heavy atom. The van der Waals surface area contributed by atoms with E-state index in [2.05, 4.69) is 16.4 Å². The molecule has 4 heterocycles. The molecule has 1 fully saturated rings. The normalized spacial score (nSPS) is 28.8. The lowest BCUT2D eigenvalue weighted by Gasteiger charge is -2.56. The van der Waals surface area contributed by atoms with Gasteiger partial charge in [0.2, 0.25) is 0 Å². The number of carbonyl (C=O) groups is 1. The Bertz CT molecular complexity index is 997. The number of ether oxygens (including phenoxy) is 1. The molecule has 0 bridgehead atoms. The quantitative estimate of drug-likeness (QED) is 0.458. The third kappa shape index (κ3) is 2.16. The second kappa shape index (κ2) is 6.04. The number of esters is 1. The maximum atomic E-state index is 12.8. The van der Waals surface area contributed by atoms with Crippen molar-refractivity contribution in [2.24, 2.45) is 5.41 Å². The molecule has 28 heavy (non-hydrogen) atoms. The van der Waals surface area contributed by atoms with Crippen LogP contribution in [0.2, 0.25) is 0 Å². The van der Waals surface area contributed by atoms with Crippen LogP contribution < -0.4 is 0 Å². The summed E-state index contributed by atoms with van der Waals surface area (Å²) in [6.45, 7) is 4.32. The molecule has 7 heteroatoms. The largest absolute Gasteiger partial charge is 0.467 e. The fourth-order valence-corrected chi connectivity index (χ4v) is 6.17. The first-order valence-corrected chi connectivity index (χ1v) is 10.1. The summed E-state index contributed by atoms with van der Waals surface area (Å²) in [7, 11) is 1.43. The van der Waals surface area contributed by atoms with Gasteiger partial charge in [0.1, 0.15) is 6.04 Å². The number of nitrogens with zero attached hydrogens (tertiary/aromatic N) is 3. The topological polar surface area (TPSA) is 77.6 Å². The van der Waals surface area contributed by atoms with Gasteiger partial charge in [0.05, 0.1) is 23.6 Å². The number of piperidine rings is 1. The van der Waals surface area contributed by atoms with Crippen LogP contribution in [0.25, 0.3) is 10.9 Å². The van der Waals surface area contributed by atoms with Crippen molar-refractivity contribution in [1.29, 1.82) is 0 Å². The van der Waals surface area contributed by atoms with Gasteiger partial charge >= 0.3 is 5.97 Å². The Morgan fingerprint density at radius 1 is 1.39 bits per heavy atom. The van der Waals surface area contributed by atoms with E-state index < -0.39 is 6.04 Å². The highest BCUT2D eigenvalue weighted by atomic mass is 16.6. The zero-order valence-electron chi connectivity index (χ0n) is 16.3. The third-order valence-electron chi connectivity index (χ3n) is 7.41. The molecule has 3 unspecified atom stereocenters. The molecule has 5 rings (SSSR count). The molecule has 3 atom stereocenters. The zero-order chi connectivity index (χ0) is 19.6. The third-order valence-corrected chi connectivity index (χ3v) is 7.41. The van der Waals surface area contributed by atoms with Crippen LogP contribution in [0.5, 0.6) is 0 Å². The Labute approximate surface area is 163 Å². The van der Waals surface area contributed by atoms with Gasteiger partial charge in [0, 0.05) is 29.8 Å². The molecule has 7 nitrogen and oxygen atoms in total. The van der Waals surface area contributed by atoms with Crippen LogP contribution in [0, 0.1) is 15.5 Å². The van der Waals surface area contributed by atoms with Crippen LogP contribution in [0.1, 0.15) is 55.9 Å². The zero-order valence-corrected chi connectivity index (χ0v) is 16.3. The standard InChI is InChI=1S/C21H25N3O4/c1-3-21-8-4-9-22-10-7-15-14-6-5-13(24(26)27)11-16(14)23(18(15)19(21)22)17(12-21)20(25)28-2/h5-6,11,17,19H,3-4,7-10,12H2,1-2H3. The van der Waals surface area contributed by atoms with E-state index in [1.165, 1.54) is 18.4 Å². The van der Waals surface area contributed by atoms with Gasteiger partial charge < -0.3 is 9.30 Å². The van der Waals surface area contributed by atoms with Gasteiger partial charge in [-0.15, -0.1) is 0 Å². The molecule has 1 aromatic heterocycles. The van der Waals surface area contributed by atoms with Crippen LogP contribution >= 0.6 is 0 Å². The Balaban J connectivity index is 1.84. The predicted octanol–water partition coefficient (Wildman–Crippen LogP) is 3.76. The molecule has 3 aliphatic rings. The lowest BCUT2D eigenvalue weighted by molar-refractivity contribution is -0.384. The molecule has 2 aromatic rings. The highest BCUT2D eigenvalue weighted by Gasteiger charge is 2.54. The summed E-state index contributed by atoms with van der Waals surface area (Å²) in [5.74, 6) is -0.250. The molecule has 0 saturated carbocycles. The van der Waals surface area contributed by atoms with Gasteiger partial charge in [-0.1, -0.05) is 6.92 Å². The Hall–Kier alpha value is -2.41. The van der Waals surface area contributed by atoms with Crippen molar-refractivity contribution in [1.82, 2.24) is 9.47 Å². The van der Waals surface area contributed by atoms with E-state index in [4.69, 9.17) is 4.74 Å². The van der Waals surface area contributed by atoms with E-state index >= 15 is 0 Å². The second-order valence-electron chi connectivity index (χ2n) is 8.44. The molecule has 3 aliphatic heterocycles. The van der Waals surface area contributed by atoms with E-state index in [1.54, 1.807) is 12.1 Å². The summed E-state index contributed by atoms with van der Waals surface area (Å²) in [6.07, 6.45) is 4.93. The second-order valence-corrected chi connectivity index (χ2v) is 8.44. The monoisotopic (exact) mass is 383 g/mol. The van der Waals surface area contributed by atoms with Gasteiger partial charge in [0.25, 0.3) is 5.69 Å². The summed E-state index contributed by atoms with van der Waals surface area (Å²) in [6, 6.07) is 4.94. The minimum absolute atomic E-state index is 0.0581. The van der Waals surface area contributed by atoms with Crippen LogP contribution in [0.3, 0.4) is 0 Å². The lowest BCUT2D eigenvalue weighted by Crippen LogP contribution is -2.53. The van der Waals surface area contributed by atoms with Crippen molar-refractivity contribution in [2.45, 2.75) is 51.1 Å². The van der Waals surface area contributed by atoms with Gasteiger partial charge in [-0.3, -0.25) is 15.0 Å². The highest BCUT2D eigenvalue weighted by molar-refractivity contribution is 5.90. The lowest BCUT2D eigenvalue weighted by atomic mass is 9.63. The average molecular weight is 383 g/mol. The Morgan fingerprint density at radius 2 is 2.21 bits per heavy atom. The molecule has 0 spiro atoms. The summed E-state index contributed by atoms with van der Waals surface area (Å²) in [5.41, 5.74) is 3.38. The SMILES string of the molecule is CCC12CCCN3CCc4c(n(c5cc([N+](=O)[O-])ccc45)C(C(=O)OC)C1)C32. The van der Waals surface area contributed by atoms with E-state index in [0.29, 0.717) is 0 Å². The van der Waals surface area contributed by atoms with Crippen LogP contribution in [0.15, 0.2) is 18.2 Å². The van der Waals surface area contributed by atoms with Crippen LogP contribution in [-0.2, 0) is 16.0 Å². The first-order chi connectivity index (χ1) is 13.5. The summed E-state index contributed by atoms with van der Waals surface area (Å²) >= 11 is 0. The number of nitro benzene ring substituents is 1. The van der Waals surface area contributed by atoms with Crippen molar-refractivity contribution in [3.8, 4) is 0 Å². The van der Waals surface area contributed by atoms with Crippen molar-refractivity contribution in [3.63, 3.8) is 0 Å².